The van der Waals surface area contributed by atoms with Gasteiger partial charge < -0.3 is 20.5 Å². The number of aliphatic carboxylic acids is 1. The SMILES string of the molecule is COCCC(NC(=O)Nc1ccc(Cl)c(Cl)c1)C(=O)O. The van der Waals surface area contributed by atoms with Crippen molar-refractivity contribution in [3.8, 4) is 0 Å². The molecule has 1 aromatic rings. The van der Waals surface area contributed by atoms with Gasteiger partial charge in [0.2, 0.25) is 0 Å². The Labute approximate surface area is 126 Å². The second kappa shape index (κ2) is 7.94. The lowest BCUT2D eigenvalue weighted by Crippen LogP contribution is -2.43. The molecule has 3 N–H and O–H groups in total. The van der Waals surface area contributed by atoms with Crippen LogP contribution in [0.2, 0.25) is 10.0 Å². The summed E-state index contributed by atoms with van der Waals surface area (Å²) in [6.07, 6.45) is 0.167. The molecule has 0 aliphatic rings. The Hall–Kier alpha value is -1.50. The van der Waals surface area contributed by atoms with Gasteiger partial charge in [-0.25, -0.2) is 9.59 Å². The van der Waals surface area contributed by atoms with Crippen LogP contribution >= 0.6 is 23.2 Å². The number of amides is 2. The minimum absolute atomic E-state index is 0.167. The first-order chi connectivity index (χ1) is 9.43. The number of methoxy groups -OCH3 is 1. The Balaban J connectivity index is 2.60. The molecule has 20 heavy (non-hydrogen) atoms. The van der Waals surface area contributed by atoms with Gasteiger partial charge in [-0.2, -0.15) is 0 Å². The molecule has 0 saturated heterocycles. The summed E-state index contributed by atoms with van der Waals surface area (Å²) in [5.74, 6) is -1.13. The van der Waals surface area contributed by atoms with E-state index in [2.05, 4.69) is 10.6 Å². The molecular weight excluding hydrogens is 307 g/mol. The Kier molecular flexibility index (Phi) is 6.57. The number of urea groups is 1. The molecule has 1 aromatic carbocycles. The van der Waals surface area contributed by atoms with Gasteiger partial charge in [-0.05, 0) is 18.2 Å². The summed E-state index contributed by atoms with van der Waals surface area (Å²) in [5.41, 5.74) is 0.410. The lowest BCUT2D eigenvalue weighted by Gasteiger charge is -2.15. The minimum Gasteiger partial charge on any atom is -0.480 e. The van der Waals surface area contributed by atoms with Crippen LogP contribution in [-0.2, 0) is 9.53 Å². The minimum atomic E-state index is -1.13. The molecule has 0 aliphatic carbocycles. The van der Waals surface area contributed by atoms with Crippen molar-refractivity contribution in [3.63, 3.8) is 0 Å². The van der Waals surface area contributed by atoms with Crippen LogP contribution in [0.5, 0.6) is 0 Å². The molecule has 0 saturated carbocycles. The Bertz CT molecular complexity index is 496. The van der Waals surface area contributed by atoms with E-state index in [-0.39, 0.29) is 13.0 Å². The monoisotopic (exact) mass is 320 g/mol. The maximum Gasteiger partial charge on any atom is 0.326 e. The fourth-order valence-electron chi connectivity index (χ4n) is 1.39. The molecule has 1 atom stereocenters. The van der Waals surface area contributed by atoms with E-state index >= 15 is 0 Å². The maximum absolute atomic E-state index is 11.7. The highest BCUT2D eigenvalue weighted by molar-refractivity contribution is 6.42. The van der Waals surface area contributed by atoms with Gasteiger partial charge in [-0.3, -0.25) is 0 Å². The lowest BCUT2D eigenvalue weighted by molar-refractivity contribution is -0.139. The first kappa shape index (κ1) is 16.6. The fourth-order valence-corrected chi connectivity index (χ4v) is 1.69. The molecule has 1 rings (SSSR count). The summed E-state index contributed by atoms with van der Waals surface area (Å²) < 4.78 is 4.78. The van der Waals surface area contributed by atoms with E-state index in [4.69, 9.17) is 33.0 Å². The number of carboxylic acid groups (broad SMARTS) is 1. The van der Waals surface area contributed by atoms with Crippen molar-refractivity contribution in [3.05, 3.63) is 28.2 Å². The Morgan fingerprint density at radius 2 is 2.05 bits per heavy atom. The molecule has 0 fully saturated rings. The van der Waals surface area contributed by atoms with E-state index in [9.17, 15) is 9.59 Å². The molecule has 0 spiro atoms. The van der Waals surface area contributed by atoms with Crippen LogP contribution in [-0.4, -0.2) is 36.9 Å². The highest BCUT2D eigenvalue weighted by atomic mass is 35.5. The van der Waals surface area contributed by atoms with Crippen LogP contribution in [0.15, 0.2) is 18.2 Å². The third kappa shape index (κ3) is 5.24. The third-order valence-corrected chi connectivity index (χ3v) is 3.13. The molecule has 110 valence electrons. The number of anilines is 1. The average Bonchev–Trinajstić information content (AvgIpc) is 2.38. The number of nitrogens with one attached hydrogen (secondary N) is 2. The smallest absolute Gasteiger partial charge is 0.326 e. The van der Waals surface area contributed by atoms with Crippen LogP contribution < -0.4 is 10.6 Å². The zero-order valence-corrected chi connectivity index (χ0v) is 12.2. The van der Waals surface area contributed by atoms with Crippen LogP contribution in [0, 0.1) is 0 Å². The molecule has 2 amide bonds. The second-order valence-corrected chi connectivity index (χ2v) is 4.71. The number of benzene rings is 1. The average molecular weight is 321 g/mol. The predicted octanol–water partition coefficient (Wildman–Crippen LogP) is 2.60. The number of carbonyl (C=O) groups is 2. The number of carboxylic acids is 1. The number of ether oxygens (including phenoxy) is 1. The van der Waals surface area contributed by atoms with Gasteiger partial charge in [0.25, 0.3) is 0 Å². The van der Waals surface area contributed by atoms with Crippen LogP contribution in [0.4, 0.5) is 10.5 Å². The van der Waals surface area contributed by atoms with Crippen molar-refractivity contribution in [1.29, 1.82) is 0 Å². The van der Waals surface area contributed by atoms with Gasteiger partial charge in [0.1, 0.15) is 6.04 Å². The van der Waals surface area contributed by atoms with E-state index in [1.165, 1.54) is 19.2 Å². The highest BCUT2D eigenvalue weighted by Gasteiger charge is 2.19. The molecule has 0 aromatic heterocycles. The van der Waals surface area contributed by atoms with Gasteiger partial charge in [0.15, 0.2) is 0 Å². The van der Waals surface area contributed by atoms with Crippen LogP contribution in [0.3, 0.4) is 0 Å². The standard InChI is InChI=1S/C12H14Cl2N2O4/c1-20-5-4-10(11(17)18)16-12(19)15-7-2-3-8(13)9(14)6-7/h2-3,6,10H,4-5H2,1H3,(H,17,18)(H2,15,16,19). The van der Waals surface area contributed by atoms with E-state index in [1.807, 2.05) is 0 Å². The van der Waals surface area contributed by atoms with Crippen LogP contribution in [0.1, 0.15) is 6.42 Å². The second-order valence-electron chi connectivity index (χ2n) is 3.90. The van der Waals surface area contributed by atoms with Crippen molar-refractivity contribution in [1.82, 2.24) is 5.32 Å². The number of hydrogen-bond acceptors (Lipinski definition) is 3. The topological polar surface area (TPSA) is 87.7 Å². The quantitative estimate of drug-likeness (QED) is 0.751. The Morgan fingerprint density at radius 3 is 2.60 bits per heavy atom. The summed E-state index contributed by atoms with van der Waals surface area (Å²) in [5, 5.41) is 14.4. The van der Waals surface area contributed by atoms with Crippen LogP contribution in [0.25, 0.3) is 0 Å². The summed E-state index contributed by atoms with van der Waals surface area (Å²) in [7, 11) is 1.45. The molecule has 1 unspecified atom stereocenters. The first-order valence-corrected chi connectivity index (χ1v) is 6.44. The van der Waals surface area contributed by atoms with Gasteiger partial charge >= 0.3 is 12.0 Å². The zero-order chi connectivity index (χ0) is 15.1. The molecular formula is C12H14Cl2N2O4. The summed E-state index contributed by atoms with van der Waals surface area (Å²) in [6, 6.07) is 2.87. The lowest BCUT2D eigenvalue weighted by atomic mass is 10.2. The Morgan fingerprint density at radius 1 is 1.35 bits per heavy atom. The largest absolute Gasteiger partial charge is 0.480 e. The fraction of sp³-hybridized carbons (Fsp3) is 0.333. The first-order valence-electron chi connectivity index (χ1n) is 5.68. The molecule has 6 nitrogen and oxygen atoms in total. The van der Waals surface area contributed by atoms with Crippen molar-refractivity contribution < 1.29 is 19.4 Å². The van der Waals surface area contributed by atoms with Gasteiger partial charge in [0, 0.05) is 25.8 Å². The normalized spacial score (nSPS) is 11.8. The summed E-state index contributed by atoms with van der Waals surface area (Å²) in [6.45, 7) is 0.226. The number of carbonyl (C=O) groups excluding carboxylic acids is 1. The van der Waals surface area contributed by atoms with Gasteiger partial charge in [-0.1, -0.05) is 23.2 Å². The van der Waals surface area contributed by atoms with Crippen molar-refractivity contribution in [2.45, 2.75) is 12.5 Å². The van der Waals surface area contributed by atoms with E-state index in [1.54, 1.807) is 6.07 Å². The summed E-state index contributed by atoms with van der Waals surface area (Å²) in [4.78, 5) is 22.6. The van der Waals surface area contributed by atoms with Crippen molar-refractivity contribution >= 4 is 40.9 Å². The zero-order valence-electron chi connectivity index (χ0n) is 10.7. The van der Waals surface area contributed by atoms with Gasteiger partial charge in [-0.15, -0.1) is 0 Å². The van der Waals surface area contributed by atoms with E-state index in [0.717, 1.165) is 0 Å². The molecule has 0 aliphatic heterocycles. The predicted molar refractivity (Wildman–Crippen MR) is 76.5 cm³/mol. The highest BCUT2D eigenvalue weighted by Crippen LogP contribution is 2.24. The van der Waals surface area contributed by atoms with Crippen molar-refractivity contribution in [2.75, 3.05) is 19.0 Å². The van der Waals surface area contributed by atoms with E-state index in [0.29, 0.717) is 15.7 Å². The molecule has 0 heterocycles. The molecule has 0 radical (unpaired) electrons. The third-order valence-electron chi connectivity index (χ3n) is 2.39. The molecule has 8 heteroatoms. The number of hydrogen-bond donors (Lipinski definition) is 3. The number of halogens is 2. The summed E-state index contributed by atoms with van der Waals surface area (Å²) >= 11 is 11.6. The number of rotatable bonds is 6. The van der Waals surface area contributed by atoms with Crippen molar-refractivity contribution in [2.24, 2.45) is 0 Å². The molecule has 0 bridgehead atoms. The van der Waals surface area contributed by atoms with Gasteiger partial charge in [0.05, 0.1) is 10.0 Å². The van der Waals surface area contributed by atoms with E-state index < -0.39 is 18.0 Å². The maximum atomic E-state index is 11.7.